The van der Waals surface area contributed by atoms with Gasteiger partial charge >= 0.3 is 11.9 Å². The van der Waals surface area contributed by atoms with Crippen LogP contribution in [0.25, 0.3) is 0 Å². The number of esters is 2. The molecule has 5 heteroatoms. The Morgan fingerprint density at radius 3 is 0.711 bits per heavy atom. The van der Waals surface area contributed by atoms with Gasteiger partial charge in [0.05, 0.1) is 6.61 Å². The van der Waals surface area contributed by atoms with E-state index in [9.17, 15) is 14.7 Å². The predicted molar refractivity (Wildman–Crippen MR) is 367 cm³/mol. The van der Waals surface area contributed by atoms with Crippen LogP contribution in [0, 0.1) is 0 Å². The number of ether oxygens (including phenoxy) is 2. The van der Waals surface area contributed by atoms with Crippen LogP contribution < -0.4 is 0 Å². The molecule has 492 valence electrons. The summed E-state index contributed by atoms with van der Waals surface area (Å²) in [5.74, 6) is -0.560. The summed E-state index contributed by atoms with van der Waals surface area (Å²) in [6, 6.07) is 0. The van der Waals surface area contributed by atoms with E-state index in [4.69, 9.17) is 9.47 Å². The third kappa shape index (κ3) is 72.8. The van der Waals surface area contributed by atoms with Gasteiger partial charge < -0.3 is 14.6 Å². The Kier molecular flexibility index (Phi) is 73.2. The molecule has 0 aromatic heterocycles. The predicted octanol–water partition coefficient (Wildman–Crippen LogP) is 26.7. The van der Waals surface area contributed by atoms with Gasteiger partial charge in [-0.2, -0.15) is 0 Å². The van der Waals surface area contributed by atoms with E-state index in [1.807, 2.05) is 0 Å². The smallest absolute Gasteiger partial charge is 0.306 e. The second-order valence-corrected chi connectivity index (χ2v) is 26.4. The Labute approximate surface area is 521 Å². The maximum absolute atomic E-state index is 12.4. The molecule has 1 unspecified atom stereocenters. The number of hydrogen-bond donors (Lipinski definition) is 1. The van der Waals surface area contributed by atoms with Gasteiger partial charge in [-0.15, -0.1) is 0 Å². The van der Waals surface area contributed by atoms with Crippen molar-refractivity contribution in [3.05, 3.63) is 24.3 Å². The van der Waals surface area contributed by atoms with Crippen molar-refractivity contribution < 1.29 is 24.2 Å². The average molecular weight is 1170 g/mol. The van der Waals surface area contributed by atoms with Crippen LogP contribution in [0.4, 0.5) is 0 Å². The molecule has 5 nitrogen and oxygen atoms in total. The topological polar surface area (TPSA) is 72.8 Å². The fourth-order valence-corrected chi connectivity index (χ4v) is 12.2. The highest BCUT2D eigenvalue weighted by atomic mass is 16.6. The van der Waals surface area contributed by atoms with Crippen LogP contribution in [0.2, 0.25) is 0 Å². The Hall–Kier alpha value is -1.62. The summed E-state index contributed by atoms with van der Waals surface area (Å²) in [7, 11) is 0. The maximum atomic E-state index is 12.4. The molecule has 0 amide bonds. The molecule has 0 aliphatic heterocycles. The first-order chi connectivity index (χ1) is 41.1. The molecule has 0 aliphatic rings. The molecule has 0 radical (unpaired) electrons. The quantitative estimate of drug-likeness (QED) is 0.0373. The summed E-state index contributed by atoms with van der Waals surface area (Å²) in [5, 5.41) is 9.72. The van der Waals surface area contributed by atoms with Gasteiger partial charge in [0.2, 0.25) is 0 Å². The second-order valence-electron chi connectivity index (χ2n) is 26.4. The first-order valence-electron chi connectivity index (χ1n) is 38.4. The molecule has 1 atom stereocenters. The average Bonchev–Trinajstić information content (AvgIpc) is 3.49. The van der Waals surface area contributed by atoms with E-state index < -0.39 is 6.10 Å². The number of aliphatic hydroxyl groups is 1. The van der Waals surface area contributed by atoms with Gasteiger partial charge in [-0.25, -0.2) is 0 Å². The number of allylic oxidation sites excluding steroid dienone is 4. The van der Waals surface area contributed by atoms with E-state index in [-0.39, 0.29) is 25.2 Å². The zero-order chi connectivity index (χ0) is 59.8. The van der Waals surface area contributed by atoms with Crippen LogP contribution in [0.5, 0.6) is 0 Å². The van der Waals surface area contributed by atoms with E-state index >= 15 is 0 Å². The Balaban J connectivity index is 3.35. The van der Waals surface area contributed by atoms with Gasteiger partial charge in [0.15, 0.2) is 6.10 Å². The van der Waals surface area contributed by atoms with Crippen LogP contribution in [-0.2, 0) is 19.1 Å². The molecule has 0 aromatic carbocycles. The molecule has 0 heterocycles. The van der Waals surface area contributed by atoms with Crippen LogP contribution in [-0.4, -0.2) is 36.4 Å². The normalized spacial score (nSPS) is 12.2. The number of carbonyl (C=O) groups is 2. The molecule has 83 heavy (non-hydrogen) atoms. The largest absolute Gasteiger partial charge is 0.462 e. The fourth-order valence-electron chi connectivity index (χ4n) is 12.2. The SMILES string of the molecule is CCCCCCC/C=C\C/C=C\CCCCCCCCCCCCCCCCCCCCCCCCCC(=O)OC(CO)COC(=O)CCCCCCCCCCCCCCCCCCCCCCCCCCCCCCCCCCCC. The molecule has 0 aliphatic carbocycles. The van der Waals surface area contributed by atoms with E-state index in [2.05, 4.69) is 38.2 Å². The van der Waals surface area contributed by atoms with Crippen molar-refractivity contribution in [1.82, 2.24) is 0 Å². The summed E-state index contributed by atoms with van der Waals surface area (Å²) < 4.78 is 10.8. The summed E-state index contributed by atoms with van der Waals surface area (Å²) in [6.45, 7) is 4.21. The summed E-state index contributed by atoms with van der Waals surface area (Å²) in [4.78, 5) is 24.7. The first kappa shape index (κ1) is 81.4. The third-order valence-corrected chi connectivity index (χ3v) is 18.0. The number of hydrogen-bond acceptors (Lipinski definition) is 5. The van der Waals surface area contributed by atoms with Gasteiger partial charge in [-0.3, -0.25) is 9.59 Å². The first-order valence-corrected chi connectivity index (χ1v) is 38.4. The highest BCUT2D eigenvalue weighted by Gasteiger charge is 2.16. The maximum Gasteiger partial charge on any atom is 0.306 e. The number of aliphatic hydroxyl groups excluding tert-OH is 1. The van der Waals surface area contributed by atoms with Crippen molar-refractivity contribution >= 4 is 11.9 Å². The van der Waals surface area contributed by atoms with Gasteiger partial charge in [0.25, 0.3) is 0 Å². The van der Waals surface area contributed by atoms with Gasteiger partial charge in [0.1, 0.15) is 6.61 Å². The minimum absolute atomic E-state index is 0.0571. The molecular weight excluding hydrogens is 1020 g/mol. The fraction of sp³-hybridized carbons (Fsp3) is 0.923. The standard InChI is InChI=1S/C78H150O5/c1-3-5-7-9-11-13-15-17-19-21-23-25-27-29-31-33-35-37-39-41-43-45-47-49-51-53-55-57-59-61-63-65-67-69-71-73-78(81)83-76(74-79)75-82-77(80)72-70-68-66-64-62-60-58-56-54-52-50-48-46-44-42-40-38-36-34-32-30-28-26-24-22-20-18-16-14-12-10-8-6-4-2/h15,17,21,23,76,79H,3-14,16,18-20,22,24-75H2,1-2H3/b17-15-,23-21-. The van der Waals surface area contributed by atoms with Crippen molar-refractivity contribution in [2.24, 2.45) is 0 Å². The molecule has 0 saturated heterocycles. The van der Waals surface area contributed by atoms with Gasteiger partial charge in [-0.1, -0.05) is 411 Å². The summed E-state index contributed by atoms with van der Waals surface area (Å²) in [6.07, 6.45) is 98.3. The molecule has 0 fully saturated rings. The lowest BCUT2D eigenvalue weighted by Gasteiger charge is -2.15. The molecule has 0 saturated carbocycles. The molecule has 0 bridgehead atoms. The number of carbonyl (C=O) groups excluding carboxylic acids is 2. The lowest BCUT2D eigenvalue weighted by Crippen LogP contribution is -2.28. The van der Waals surface area contributed by atoms with Crippen LogP contribution in [0.15, 0.2) is 24.3 Å². The van der Waals surface area contributed by atoms with Crippen molar-refractivity contribution in [2.75, 3.05) is 13.2 Å². The highest BCUT2D eigenvalue weighted by molar-refractivity contribution is 5.70. The van der Waals surface area contributed by atoms with E-state index in [0.29, 0.717) is 12.8 Å². The van der Waals surface area contributed by atoms with Crippen molar-refractivity contribution in [2.45, 2.75) is 450 Å². The van der Waals surface area contributed by atoms with Crippen LogP contribution >= 0.6 is 0 Å². The Bertz CT molecular complexity index is 1280. The van der Waals surface area contributed by atoms with E-state index in [0.717, 1.165) is 38.5 Å². The van der Waals surface area contributed by atoms with Gasteiger partial charge in [-0.05, 0) is 44.9 Å². The summed E-state index contributed by atoms with van der Waals surface area (Å²) >= 11 is 0. The molecular formula is C78H150O5. The monoisotopic (exact) mass is 1170 g/mol. The number of rotatable bonds is 73. The summed E-state index contributed by atoms with van der Waals surface area (Å²) in [5.41, 5.74) is 0. The zero-order valence-electron chi connectivity index (χ0n) is 56.8. The minimum Gasteiger partial charge on any atom is -0.462 e. The molecule has 0 rings (SSSR count). The highest BCUT2D eigenvalue weighted by Crippen LogP contribution is 2.20. The second kappa shape index (κ2) is 74.6. The van der Waals surface area contributed by atoms with Gasteiger partial charge in [0, 0.05) is 12.8 Å². The lowest BCUT2D eigenvalue weighted by atomic mass is 10.0. The van der Waals surface area contributed by atoms with Crippen molar-refractivity contribution in [1.29, 1.82) is 0 Å². The van der Waals surface area contributed by atoms with E-state index in [1.54, 1.807) is 0 Å². The van der Waals surface area contributed by atoms with E-state index in [1.165, 1.54) is 379 Å². The van der Waals surface area contributed by atoms with Crippen LogP contribution in [0.3, 0.4) is 0 Å². The molecule has 0 aromatic rings. The molecule has 1 N–H and O–H groups in total. The Morgan fingerprint density at radius 2 is 0.482 bits per heavy atom. The minimum atomic E-state index is -0.768. The zero-order valence-corrected chi connectivity index (χ0v) is 56.8. The molecule has 0 spiro atoms. The lowest BCUT2D eigenvalue weighted by molar-refractivity contribution is -0.161. The van der Waals surface area contributed by atoms with Crippen LogP contribution in [0.1, 0.15) is 444 Å². The Morgan fingerprint density at radius 1 is 0.277 bits per heavy atom. The number of unbranched alkanes of at least 4 members (excludes halogenated alkanes) is 61. The van der Waals surface area contributed by atoms with Crippen molar-refractivity contribution in [3.8, 4) is 0 Å². The van der Waals surface area contributed by atoms with Crippen molar-refractivity contribution in [3.63, 3.8) is 0 Å². The third-order valence-electron chi connectivity index (χ3n) is 18.0.